The van der Waals surface area contributed by atoms with Gasteiger partial charge >= 0.3 is 0 Å². The van der Waals surface area contributed by atoms with Gasteiger partial charge in [0.2, 0.25) is 5.91 Å². The number of anilines is 1. The Hall–Kier alpha value is -4.78. The topological polar surface area (TPSA) is 141 Å². The second-order valence-electron chi connectivity index (χ2n) is 8.39. The lowest BCUT2D eigenvalue weighted by molar-refractivity contribution is -0.385. The van der Waals surface area contributed by atoms with Crippen molar-refractivity contribution in [1.29, 1.82) is 0 Å². The van der Waals surface area contributed by atoms with Gasteiger partial charge in [-0.3, -0.25) is 24.3 Å². The van der Waals surface area contributed by atoms with Crippen molar-refractivity contribution < 1.29 is 23.6 Å². The second-order valence-corrected chi connectivity index (χ2v) is 9.34. The molecule has 0 radical (unpaired) electrons. The van der Waals surface area contributed by atoms with Crippen molar-refractivity contribution in [3.05, 3.63) is 99.6 Å². The molecule has 0 unspecified atom stereocenters. The van der Waals surface area contributed by atoms with Crippen molar-refractivity contribution in [1.82, 2.24) is 20.1 Å². The molecule has 11 nitrogen and oxygen atoms in total. The largest absolute Gasteiger partial charge is 0.494 e. The molecule has 2 amide bonds. The Morgan fingerprint density at radius 2 is 1.80 bits per heavy atom. The lowest BCUT2D eigenvalue weighted by Gasteiger charge is -2.12. The van der Waals surface area contributed by atoms with Crippen molar-refractivity contribution in [3.63, 3.8) is 0 Å². The van der Waals surface area contributed by atoms with Crippen molar-refractivity contribution in [2.75, 3.05) is 17.7 Å². The number of thioether (sulfide) groups is 1. The maximum atomic E-state index is 13.6. The third kappa shape index (κ3) is 6.80. The monoisotopic (exact) mass is 564 g/mol. The third-order valence-electron chi connectivity index (χ3n) is 5.72. The normalized spacial score (nSPS) is 10.7. The maximum Gasteiger partial charge on any atom is 0.273 e. The molecule has 4 aromatic rings. The molecule has 0 atom stereocenters. The van der Waals surface area contributed by atoms with Gasteiger partial charge in [0, 0.05) is 28.6 Å². The van der Waals surface area contributed by atoms with Crippen LogP contribution in [0.25, 0.3) is 5.69 Å². The molecule has 206 valence electrons. The van der Waals surface area contributed by atoms with Gasteiger partial charge in [-0.2, -0.15) is 0 Å². The van der Waals surface area contributed by atoms with Crippen molar-refractivity contribution in [2.24, 2.45) is 0 Å². The lowest BCUT2D eigenvalue weighted by Crippen LogP contribution is -2.25. The highest BCUT2D eigenvalue weighted by molar-refractivity contribution is 7.99. The van der Waals surface area contributed by atoms with Crippen molar-refractivity contribution in [3.8, 4) is 11.4 Å². The van der Waals surface area contributed by atoms with Gasteiger partial charge in [0.25, 0.3) is 11.6 Å². The molecule has 0 bridgehead atoms. The quantitative estimate of drug-likeness (QED) is 0.152. The van der Waals surface area contributed by atoms with Gasteiger partial charge in [0.15, 0.2) is 11.0 Å². The Kier molecular flexibility index (Phi) is 9.07. The van der Waals surface area contributed by atoms with Crippen molar-refractivity contribution >= 4 is 35.0 Å². The molecular formula is C27H25FN6O5S. The Balaban J connectivity index is 1.49. The first-order valence-electron chi connectivity index (χ1n) is 12.1. The summed E-state index contributed by atoms with van der Waals surface area (Å²) in [6.07, 6.45) is 0. The summed E-state index contributed by atoms with van der Waals surface area (Å²) >= 11 is 1.11. The summed E-state index contributed by atoms with van der Waals surface area (Å²) in [6.45, 7) is 3.85. The number of nitro groups is 1. The van der Waals surface area contributed by atoms with E-state index in [1.54, 1.807) is 28.8 Å². The minimum atomic E-state index is -0.549. The van der Waals surface area contributed by atoms with Gasteiger partial charge in [0.05, 0.1) is 23.8 Å². The molecule has 2 N–H and O–H groups in total. The predicted octanol–water partition coefficient (Wildman–Crippen LogP) is 4.68. The van der Waals surface area contributed by atoms with Crippen LogP contribution in [-0.2, 0) is 11.3 Å². The lowest BCUT2D eigenvalue weighted by atomic mass is 10.1. The highest BCUT2D eigenvalue weighted by Crippen LogP contribution is 2.24. The first-order valence-corrected chi connectivity index (χ1v) is 13.1. The number of carbonyl (C=O) groups is 2. The number of nitrogens with one attached hydrogen (secondary N) is 2. The molecule has 40 heavy (non-hydrogen) atoms. The summed E-state index contributed by atoms with van der Waals surface area (Å²) < 4.78 is 20.6. The summed E-state index contributed by atoms with van der Waals surface area (Å²) in [5.41, 5.74) is 1.36. The number of ether oxygens (including phenoxy) is 1. The van der Waals surface area contributed by atoms with Crippen LogP contribution in [0.5, 0.6) is 5.75 Å². The standard InChI is InChI=1S/C27H25FN6O5S/c1-3-39-21-13-9-19(10-14-21)30-25(35)16-40-27-32-31-24(33(27)20-11-7-18(28)8-12-20)15-29-26(36)22-5-4-6-23(17(22)2)34(37)38/h4-14H,3,15-16H2,1-2H3,(H,29,36)(H,30,35). The number of aromatic nitrogens is 3. The molecule has 1 heterocycles. The number of nitrogens with zero attached hydrogens (tertiary/aromatic N) is 4. The molecule has 0 aliphatic rings. The van der Waals surface area contributed by atoms with Gasteiger partial charge in [-0.1, -0.05) is 17.8 Å². The molecule has 0 saturated heterocycles. The van der Waals surface area contributed by atoms with Gasteiger partial charge in [0.1, 0.15) is 11.6 Å². The van der Waals surface area contributed by atoms with Crippen LogP contribution >= 0.6 is 11.8 Å². The summed E-state index contributed by atoms with van der Waals surface area (Å²) in [7, 11) is 0. The van der Waals surface area contributed by atoms with Crippen LogP contribution in [0.2, 0.25) is 0 Å². The van der Waals surface area contributed by atoms with E-state index >= 15 is 0 Å². The Morgan fingerprint density at radius 3 is 2.48 bits per heavy atom. The number of amides is 2. The van der Waals surface area contributed by atoms with Gasteiger partial charge < -0.3 is 15.4 Å². The zero-order chi connectivity index (χ0) is 28.6. The molecule has 1 aromatic heterocycles. The smallest absolute Gasteiger partial charge is 0.273 e. The van der Waals surface area contributed by atoms with Crippen LogP contribution < -0.4 is 15.4 Å². The number of benzene rings is 3. The minimum absolute atomic E-state index is 0.00573. The number of rotatable bonds is 11. The first-order chi connectivity index (χ1) is 19.3. The van der Waals surface area contributed by atoms with E-state index in [-0.39, 0.29) is 35.0 Å². The molecule has 13 heteroatoms. The van der Waals surface area contributed by atoms with E-state index in [4.69, 9.17) is 4.74 Å². The second kappa shape index (κ2) is 12.8. The third-order valence-corrected chi connectivity index (χ3v) is 6.65. The van der Waals surface area contributed by atoms with E-state index in [0.29, 0.717) is 34.7 Å². The summed E-state index contributed by atoms with van der Waals surface area (Å²) in [5, 5.41) is 25.5. The number of nitro benzene ring substituents is 1. The molecule has 0 aliphatic heterocycles. The minimum Gasteiger partial charge on any atom is -0.494 e. The zero-order valence-corrected chi connectivity index (χ0v) is 22.4. The average Bonchev–Trinajstić information content (AvgIpc) is 3.35. The van der Waals surface area contributed by atoms with Crippen molar-refractivity contribution in [2.45, 2.75) is 25.5 Å². The Bertz CT molecular complexity index is 1530. The van der Waals surface area contributed by atoms with Gasteiger partial charge in [-0.05, 0) is 68.4 Å². The van der Waals surface area contributed by atoms with Crippen LogP contribution in [0.4, 0.5) is 15.8 Å². The van der Waals surface area contributed by atoms with E-state index in [0.717, 1.165) is 11.8 Å². The molecule has 0 saturated carbocycles. The molecule has 0 spiro atoms. The Morgan fingerprint density at radius 1 is 1.07 bits per heavy atom. The fraction of sp³-hybridized carbons (Fsp3) is 0.185. The first kappa shape index (κ1) is 28.2. The molecule has 4 rings (SSSR count). The number of hydrogen-bond acceptors (Lipinski definition) is 8. The molecule has 0 fully saturated rings. The summed E-state index contributed by atoms with van der Waals surface area (Å²) in [6, 6.07) is 16.8. The van der Waals surface area contributed by atoms with E-state index in [1.807, 2.05) is 6.92 Å². The molecular weight excluding hydrogens is 539 g/mol. The van der Waals surface area contributed by atoms with Crippen LogP contribution in [0, 0.1) is 22.9 Å². The highest BCUT2D eigenvalue weighted by Gasteiger charge is 2.20. The fourth-order valence-electron chi connectivity index (χ4n) is 3.81. The van der Waals surface area contributed by atoms with Crippen LogP contribution in [0.15, 0.2) is 71.9 Å². The summed E-state index contributed by atoms with van der Waals surface area (Å²) in [5.74, 6) is -0.222. The Labute approximate surface area is 232 Å². The molecule has 0 aliphatic carbocycles. The van der Waals surface area contributed by atoms with Gasteiger partial charge in [-0.15, -0.1) is 10.2 Å². The highest BCUT2D eigenvalue weighted by atomic mass is 32.2. The number of carbonyl (C=O) groups excluding carboxylic acids is 2. The van der Waals surface area contributed by atoms with E-state index < -0.39 is 16.6 Å². The number of hydrogen-bond donors (Lipinski definition) is 2. The zero-order valence-electron chi connectivity index (χ0n) is 21.6. The average molecular weight is 565 g/mol. The van der Waals surface area contributed by atoms with E-state index in [9.17, 15) is 24.1 Å². The SMILES string of the molecule is CCOc1ccc(NC(=O)CSc2nnc(CNC(=O)c3cccc([N+](=O)[O-])c3C)n2-c2ccc(F)cc2)cc1. The van der Waals surface area contributed by atoms with E-state index in [2.05, 4.69) is 20.8 Å². The fourth-order valence-corrected chi connectivity index (χ4v) is 4.58. The van der Waals surface area contributed by atoms with Crippen LogP contribution in [-0.4, -0.2) is 43.9 Å². The van der Waals surface area contributed by atoms with Crippen LogP contribution in [0.3, 0.4) is 0 Å². The van der Waals surface area contributed by atoms with E-state index in [1.165, 1.54) is 49.4 Å². The van der Waals surface area contributed by atoms with Crippen LogP contribution in [0.1, 0.15) is 28.7 Å². The maximum absolute atomic E-state index is 13.6. The summed E-state index contributed by atoms with van der Waals surface area (Å²) in [4.78, 5) is 36.1. The molecule has 3 aromatic carbocycles. The predicted molar refractivity (Wildman–Crippen MR) is 147 cm³/mol. The van der Waals surface area contributed by atoms with Gasteiger partial charge in [-0.25, -0.2) is 4.39 Å². The number of halogens is 1.